The maximum absolute atomic E-state index is 10.4. The van der Waals surface area contributed by atoms with E-state index in [4.69, 9.17) is 0 Å². The second-order valence-electron chi connectivity index (χ2n) is 3.48. The molecule has 0 amide bonds. The van der Waals surface area contributed by atoms with Crippen LogP contribution in [0.15, 0.2) is 0 Å². The van der Waals surface area contributed by atoms with Crippen molar-refractivity contribution in [2.75, 3.05) is 0 Å². The molecule has 2 heteroatoms. The van der Waals surface area contributed by atoms with E-state index in [2.05, 4.69) is 0 Å². The second-order valence-corrected chi connectivity index (χ2v) is 3.48. The molecule has 0 aromatic heterocycles. The molecule has 0 aliphatic heterocycles. The van der Waals surface area contributed by atoms with Crippen LogP contribution in [0.5, 0.6) is 0 Å². The maximum Gasteiger partial charge on any atom is 0.123 e. The zero-order valence-corrected chi connectivity index (χ0v) is 6.50. The Balaban J connectivity index is 2.66. The fraction of sp³-hybridized carbons (Fsp3) is 0.875. The first-order chi connectivity index (χ1) is 4.58. The zero-order valence-electron chi connectivity index (χ0n) is 6.50. The number of aliphatic hydroxyl groups is 1. The van der Waals surface area contributed by atoms with Gasteiger partial charge in [0.05, 0.1) is 5.60 Å². The van der Waals surface area contributed by atoms with E-state index >= 15 is 0 Å². The Morgan fingerprint density at radius 2 is 2.30 bits per heavy atom. The maximum atomic E-state index is 10.4. The molecule has 0 radical (unpaired) electrons. The Bertz CT molecular complexity index is 140. The van der Waals surface area contributed by atoms with Crippen LogP contribution in [0.4, 0.5) is 0 Å². The largest absolute Gasteiger partial charge is 0.390 e. The van der Waals surface area contributed by atoms with Crippen LogP contribution in [-0.2, 0) is 4.79 Å². The van der Waals surface area contributed by atoms with Gasteiger partial charge in [0.2, 0.25) is 0 Å². The molecule has 2 nitrogen and oxygen atoms in total. The highest BCUT2D eigenvalue weighted by atomic mass is 16.3. The lowest BCUT2D eigenvalue weighted by Gasteiger charge is -2.23. The van der Waals surface area contributed by atoms with Gasteiger partial charge in [-0.1, -0.05) is 6.92 Å². The predicted octanol–water partition coefficient (Wildman–Crippen LogP) is 0.982. The van der Waals surface area contributed by atoms with Crippen LogP contribution >= 0.6 is 0 Å². The van der Waals surface area contributed by atoms with Gasteiger partial charge in [0, 0.05) is 5.92 Å². The third kappa shape index (κ3) is 1.08. The summed E-state index contributed by atoms with van der Waals surface area (Å²) in [5, 5.41) is 9.61. The molecule has 0 aromatic rings. The van der Waals surface area contributed by atoms with Crippen LogP contribution in [-0.4, -0.2) is 17.0 Å². The van der Waals surface area contributed by atoms with Crippen LogP contribution in [0.2, 0.25) is 0 Å². The Hall–Kier alpha value is -0.370. The van der Waals surface area contributed by atoms with E-state index in [-0.39, 0.29) is 11.8 Å². The minimum absolute atomic E-state index is 0.0787. The molecule has 1 saturated carbocycles. The third-order valence-corrected chi connectivity index (χ3v) is 2.78. The highest BCUT2D eigenvalue weighted by Crippen LogP contribution is 2.38. The van der Waals surface area contributed by atoms with Gasteiger partial charge >= 0.3 is 0 Å². The van der Waals surface area contributed by atoms with E-state index in [0.717, 1.165) is 19.1 Å². The quantitative estimate of drug-likeness (QED) is 0.554. The van der Waals surface area contributed by atoms with Gasteiger partial charge in [-0.05, 0) is 25.7 Å². The lowest BCUT2D eigenvalue weighted by molar-refractivity contribution is -0.113. The van der Waals surface area contributed by atoms with E-state index in [0.29, 0.717) is 0 Å². The van der Waals surface area contributed by atoms with Crippen LogP contribution < -0.4 is 0 Å². The average Bonchev–Trinajstić information content (AvgIpc) is 2.10. The van der Waals surface area contributed by atoms with Gasteiger partial charge in [-0.15, -0.1) is 0 Å². The lowest BCUT2D eigenvalue weighted by atomic mass is 9.90. The zero-order chi connectivity index (χ0) is 7.78. The molecule has 1 aliphatic carbocycles. The monoisotopic (exact) mass is 142 g/mol. The number of hydrogen-bond acceptors (Lipinski definition) is 2. The molecule has 0 bridgehead atoms. The summed E-state index contributed by atoms with van der Waals surface area (Å²) in [6.07, 6.45) is 2.57. The Kier molecular flexibility index (Phi) is 1.82. The minimum Gasteiger partial charge on any atom is -0.390 e. The van der Waals surface area contributed by atoms with Gasteiger partial charge in [0.15, 0.2) is 0 Å². The first-order valence-corrected chi connectivity index (χ1v) is 3.75. The molecule has 58 valence electrons. The fourth-order valence-electron chi connectivity index (χ4n) is 1.58. The standard InChI is InChI=1S/C8H14O2/c1-6-7(5-9)3-4-8(6,2)10/h5-7,10H,3-4H2,1-2H3/t6-,7-,8-/m1/s1. The number of hydrogen-bond donors (Lipinski definition) is 1. The van der Waals surface area contributed by atoms with Crippen molar-refractivity contribution in [3.63, 3.8) is 0 Å². The number of rotatable bonds is 1. The van der Waals surface area contributed by atoms with Gasteiger partial charge in [-0.3, -0.25) is 0 Å². The Labute approximate surface area is 61.2 Å². The molecule has 3 atom stereocenters. The summed E-state index contributed by atoms with van der Waals surface area (Å²) in [4.78, 5) is 10.4. The van der Waals surface area contributed by atoms with Crippen molar-refractivity contribution >= 4 is 6.29 Å². The number of carbonyl (C=O) groups excluding carboxylic acids is 1. The summed E-state index contributed by atoms with van der Waals surface area (Å²) < 4.78 is 0. The summed E-state index contributed by atoms with van der Waals surface area (Å²) in [5.74, 6) is 0.208. The van der Waals surface area contributed by atoms with Gasteiger partial charge in [-0.25, -0.2) is 0 Å². The average molecular weight is 142 g/mol. The van der Waals surface area contributed by atoms with Crippen molar-refractivity contribution < 1.29 is 9.90 Å². The van der Waals surface area contributed by atoms with Crippen LogP contribution in [0.1, 0.15) is 26.7 Å². The molecule has 0 heterocycles. The number of aldehydes is 1. The normalized spacial score (nSPS) is 47.5. The molecular formula is C8H14O2. The SMILES string of the molecule is C[C@@H]1[C@@H](C=O)CC[C@@]1(C)O. The van der Waals surface area contributed by atoms with Gasteiger partial charge in [0.1, 0.15) is 6.29 Å². The third-order valence-electron chi connectivity index (χ3n) is 2.78. The molecular weight excluding hydrogens is 128 g/mol. The summed E-state index contributed by atoms with van der Waals surface area (Å²) >= 11 is 0. The molecule has 1 rings (SSSR count). The van der Waals surface area contributed by atoms with Crippen molar-refractivity contribution in [2.45, 2.75) is 32.3 Å². The highest BCUT2D eigenvalue weighted by Gasteiger charge is 2.40. The van der Waals surface area contributed by atoms with Crippen molar-refractivity contribution in [1.82, 2.24) is 0 Å². The van der Waals surface area contributed by atoms with E-state index in [1.165, 1.54) is 0 Å². The molecule has 0 unspecified atom stereocenters. The topological polar surface area (TPSA) is 37.3 Å². The van der Waals surface area contributed by atoms with Crippen LogP contribution in [0, 0.1) is 11.8 Å². The lowest BCUT2D eigenvalue weighted by Crippen LogP contribution is -2.29. The molecule has 0 spiro atoms. The second kappa shape index (κ2) is 2.35. The first kappa shape index (κ1) is 7.73. The summed E-state index contributed by atoms with van der Waals surface area (Å²) in [5.41, 5.74) is -0.606. The highest BCUT2D eigenvalue weighted by molar-refractivity contribution is 5.55. The van der Waals surface area contributed by atoms with Crippen molar-refractivity contribution in [3.05, 3.63) is 0 Å². The molecule has 0 saturated heterocycles. The van der Waals surface area contributed by atoms with E-state index in [9.17, 15) is 9.90 Å². The van der Waals surface area contributed by atoms with Crippen molar-refractivity contribution in [2.24, 2.45) is 11.8 Å². The first-order valence-electron chi connectivity index (χ1n) is 3.75. The Morgan fingerprint density at radius 1 is 1.70 bits per heavy atom. The van der Waals surface area contributed by atoms with Crippen molar-refractivity contribution in [1.29, 1.82) is 0 Å². The molecule has 10 heavy (non-hydrogen) atoms. The predicted molar refractivity (Wildman–Crippen MR) is 38.6 cm³/mol. The summed E-state index contributed by atoms with van der Waals surface area (Å²) in [7, 11) is 0. The van der Waals surface area contributed by atoms with Crippen LogP contribution in [0.25, 0.3) is 0 Å². The molecule has 1 fully saturated rings. The van der Waals surface area contributed by atoms with E-state index in [1.807, 2.05) is 6.92 Å². The minimum atomic E-state index is -0.606. The summed E-state index contributed by atoms with van der Waals surface area (Å²) in [6.45, 7) is 3.74. The van der Waals surface area contributed by atoms with Crippen LogP contribution in [0.3, 0.4) is 0 Å². The summed E-state index contributed by atoms with van der Waals surface area (Å²) in [6, 6.07) is 0. The van der Waals surface area contributed by atoms with Gasteiger partial charge in [-0.2, -0.15) is 0 Å². The van der Waals surface area contributed by atoms with Crippen molar-refractivity contribution in [3.8, 4) is 0 Å². The Morgan fingerprint density at radius 3 is 2.50 bits per heavy atom. The van der Waals surface area contributed by atoms with E-state index in [1.54, 1.807) is 6.92 Å². The smallest absolute Gasteiger partial charge is 0.123 e. The number of carbonyl (C=O) groups is 1. The molecule has 1 aliphatic rings. The molecule has 1 N–H and O–H groups in total. The fourth-order valence-corrected chi connectivity index (χ4v) is 1.58. The van der Waals surface area contributed by atoms with Gasteiger partial charge in [0.25, 0.3) is 0 Å². The van der Waals surface area contributed by atoms with E-state index < -0.39 is 5.60 Å². The van der Waals surface area contributed by atoms with Gasteiger partial charge < -0.3 is 9.90 Å². The molecule has 0 aromatic carbocycles.